The van der Waals surface area contributed by atoms with E-state index in [4.69, 9.17) is 10.5 Å². The molecule has 22 heavy (non-hydrogen) atoms. The summed E-state index contributed by atoms with van der Waals surface area (Å²) < 4.78 is 26.7. The summed E-state index contributed by atoms with van der Waals surface area (Å²) in [5.74, 6) is -0.194. The van der Waals surface area contributed by atoms with Crippen molar-refractivity contribution in [1.29, 1.82) is 0 Å². The first-order valence-corrected chi connectivity index (χ1v) is 8.13. The minimum absolute atomic E-state index is 0.0355. The van der Waals surface area contributed by atoms with Crippen LogP contribution < -0.4 is 10.5 Å². The Kier molecular flexibility index (Phi) is 4.41. The van der Waals surface area contributed by atoms with Gasteiger partial charge in [-0.15, -0.1) is 0 Å². The molecular formula is C14H16N3O4S+. The highest BCUT2D eigenvalue weighted by molar-refractivity contribution is 7.91. The first-order chi connectivity index (χ1) is 10.4. The van der Waals surface area contributed by atoms with E-state index in [-0.39, 0.29) is 22.3 Å². The Balaban J connectivity index is 2.48. The van der Waals surface area contributed by atoms with E-state index < -0.39 is 15.6 Å². The number of methoxy groups -OCH3 is 1. The van der Waals surface area contributed by atoms with Crippen molar-refractivity contribution in [2.45, 2.75) is 12.1 Å². The van der Waals surface area contributed by atoms with Gasteiger partial charge < -0.3 is 10.5 Å². The number of ketones is 1. The van der Waals surface area contributed by atoms with Crippen LogP contribution in [0.5, 0.6) is 5.75 Å². The summed E-state index contributed by atoms with van der Waals surface area (Å²) in [6.45, 7) is 1.54. The van der Waals surface area contributed by atoms with Crippen LogP contribution in [0.2, 0.25) is 0 Å². The van der Waals surface area contributed by atoms with E-state index in [2.05, 4.69) is 9.97 Å². The van der Waals surface area contributed by atoms with Gasteiger partial charge in [-0.2, -0.15) is 9.19 Å². The number of nitrogen functional groups attached to an aromatic ring is 1. The van der Waals surface area contributed by atoms with Crippen molar-refractivity contribution in [3.63, 3.8) is 0 Å². The number of ether oxygens (including phenoxy) is 1. The molecule has 1 aromatic carbocycles. The Morgan fingerprint density at radius 2 is 2.05 bits per heavy atom. The fourth-order valence-corrected chi connectivity index (χ4v) is 2.53. The molecule has 0 aliphatic carbocycles. The molecule has 1 unspecified atom stereocenters. The van der Waals surface area contributed by atoms with Crippen LogP contribution in [0.3, 0.4) is 0 Å². The number of aromatic nitrogens is 2. The number of nitrogens with zero attached hydrogens (tertiary/aromatic N) is 2. The fraction of sp³-hybridized carbons (Fsp3) is 0.214. The van der Waals surface area contributed by atoms with Gasteiger partial charge in [0, 0.05) is 6.20 Å². The van der Waals surface area contributed by atoms with Crippen LogP contribution in [-0.2, 0) is 9.84 Å². The SMILES string of the molecule is CCS(=O)(=[OH+])c1ncc(C(=O)c2ccccc2OC)c(N)n1. The second-order valence-corrected chi connectivity index (χ2v) is 6.63. The molecule has 0 spiro atoms. The zero-order valence-electron chi connectivity index (χ0n) is 12.1. The molecule has 0 fully saturated rings. The van der Waals surface area contributed by atoms with Crippen LogP contribution in [0.4, 0.5) is 5.82 Å². The molecule has 116 valence electrons. The molecule has 3 N–H and O–H groups in total. The molecule has 1 heterocycles. The van der Waals surface area contributed by atoms with Crippen LogP contribution in [0, 0.1) is 0 Å². The van der Waals surface area contributed by atoms with E-state index in [1.165, 1.54) is 14.0 Å². The first-order valence-electron chi connectivity index (χ1n) is 6.45. The molecule has 0 amide bonds. The molecule has 2 rings (SSSR count). The van der Waals surface area contributed by atoms with Crippen LogP contribution in [0.15, 0.2) is 35.6 Å². The first kappa shape index (κ1) is 15.9. The highest BCUT2D eigenvalue weighted by Crippen LogP contribution is 2.23. The molecule has 0 saturated carbocycles. The third-order valence-electron chi connectivity index (χ3n) is 3.07. The van der Waals surface area contributed by atoms with E-state index in [1.807, 2.05) is 0 Å². The Labute approximate surface area is 128 Å². The summed E-state index contributed by atoms with van der Waals surface area (Å²) in [5.41, 5.74) is 6.12. The Hall–Kier alpha value is -2.48. The molecule has 0 saturated heterocycles. The highest BCUT2D eigenvalue weighted by Gasteiger charge is 2.25. The molecule has 0 radical (unpaired) electrons. The zero-order chi connectivity index (χ0) is 16.3. The third kappa shape index (κ3) is 2.91. The number of carbonyl (C=O) groups excluding carboxylic acids is 1. The number of para-hydroxylation sites is 1. The van der Waals surface area contributed by atoms with Crippen LogP contribution in [0.1, 0.15) is 22.8 Å². The lowest BCUT2D eigenvalue weighted by atomic mass is 10.0. The van der Waals surface area contributed by atoms with Crippen LogP contribution >= 0.6 is 0 Å². The van der Waals surface area contributed by atoms with Crippen molar-refractivity contribution in [2.75, 3.05) is 18.6 Å². The quantitative estimate of drug-likeness (QED) is 0.503. The predicted octanol–water partition coefficient (Wildman–Crippen LogP) is 1.25. The van der Waals surface area contributed by atoms with Crippen molar-refractivity contribution in [3.8, 4) is 5.75 Å². The average molecular weight is 322 g/mol. The standard InChI is InChI=1S/C14H15N3O4S/c1-3-22(19,20)14-16-8-10(13(15)17-14)12(18)9-6-4-5-7-11(9)21-2/h4-8H,3H2,1-2H3,(H2,15,16,17)/p+1. The lowest BCUT2D eigenvalue weighted by Crippen LogP contribution is -2.14. The molecule has 0 bridgehead atoms. The number of carbonyl (C=O) groups is 1. The maximum absolute atomic E-state index is 12.5. The topological polar surface area (TPSA) is 117 Å². The molecule has 2 aromatic rings. The molecule has 0 aliphatic rings. The van der Waals surface area contributed by atoms with Gasteiger partial charge in [-0.05, 0) is 19.1 Å². The van der Waals surface area contributed by atoms with Crippen molar-refractivity contribution in [3.05, 3.63) is 41.6 Å². The number of benzene rings is 1. The largest absolute Gasteiger partial charge is 0.496 e. The van der Waals surface area contributed by atoms with Crippen LogP contribution in [0.25, 0.3) is 0 Å². The predicted molar refractivity (Wildman–Crippen MR) is 81.8 cm³/mol. The van der Waals surface area contributed by atoms with Gasteiger partial charge in [0.1, 0.15) is 17.3 Å². The summed E-state index contributed by atoms with van der Waals surface area (Å²) >= 11 is 0. The van der Waals surface area contributed by atoms with Gasteiger partial charge in [-0.3, -0.25) is 4.79 Å². The van der Waals surface area contributed by atoms with Gasteiger partial charge in [0.15, 0.2) is 0 Å². The molecule has 0 aliphatic heterocycles. The van der Waals surface area contributed by atoms with Gasteiger partial charge in [-0.25, -0.2) is 9.19 Å². The highest BCUT2D eigenvalue weighted by atomic mass is 32.2. The molecule has 1 aromatic heterocycles. The van der Waals surface area contributed by atoms with Gasteiger partial charge >= 0.3 is 9.84 Å². The van der Waals surface area contributed by atoms with Crippen molar-refractivity contribution in [2.24, 2.45) is 0 Å². The maximum Gasteiger partial charge on any atom is 0.337 e. The van der Waals surface area contributed by atoms with E-state index in [0.717, 1.165) is 6.20 Å². The van der Waals surface area contributed by atoms with Gasteiger partial charge in [0.2, 0.25) is 5.78 Å². The number of rotatable bonds is 5. The van der Waals surface area contributed by atoms with E-state index in [1.54, 1.807) is 24.3 Å². The lowest BCUT2D eigenvalue weighted by molar-refractivity contribution is 0.103. The molecular weight excluding hydrogens is 306 g/mol. The average Bonchev–Trinajstić information content (AvgIpc) is 2.54. The number of nitrogens with two attached hydrogens (primary N) is 1. The van der Waals surface area contributed by atoms with Crippen molar-refractivity contribution < 1.29 is 17.9 Å². The Morgan fingerprint density at radius 1 is 1.36 bits per heavy atom. The van der Waals surface area contributed by atoms with Crippen molar-refractivity contribution >= 4 is 21.4 Å². The number of anilines is 1. The minimum atomic E-state index is -3.33. The van der Waals surface area contributed by atoms with Crippen molar-refractivity contribution in [1.82, 2.24) is 9.97 Å². The summed E-state index contributed by atoms with van der Waals surface area (Å²) in [4.78, 5) is 20.1. The zero-order valence-corrected chi connectivity index (χ0v) is 13.0. The summed E-state index contributed by atoms with van der Waals surface area (Å²) in [7, 11) is -1.87. The van der Waals surface area contributed by atoms with E-state index in [0.29, 0.717) is 11.3 Å². The van der Waals surface area contributed by atoms with Crippen LogP contribution in [-0.4, -0.2) is 37.0 Å². The van der Waals surface area contributed by atoms with E-state index >= 15 is 0 Å². The molecule has 7 nitrogen and oxygen atoms in total. The molecule has 1 atom stereocenters. The second-order valence-electron chi connectivity index (χ2n) is 4.41. The number of hydrogen-bond acceptors (Lipinski definition) is 6. The Morgan fingerprint density at radius 3 is 2.64 bits per heavy atom. The number of hydrogen-bond donors (Lipinski definition) is 1. The van der Waals surface area contributed by atoms with Gasteiger partial charge in [0.25, 0.3) is 5.16 Å². The summed E-state index contributed by atoms with van der Waals surface area (Å²) in [6, 6.07) is 6.67. The monoisotopic (exact) mass is 322 g/mol. The van der Waals surface area contributed by atoms with Gasteiger partial charge in [0.05, 0.1) is 18.2 Å². The van der Waals surface area contributed by atoms with Gasteiger partial charge in [-0.1, -0.05) is 12.1 Å². The Bertz CT molecular complexity index is 819. The normalized spacial score (nSPS) is 13.4. The second kappa shape index (κ2) is 6.10. The maximum atomic E-state index is 12.5. The van der Waals surface area contributed by atoms with E-state index in [9.17, 15) is 13.2 Å². The third-order valence-corrected chi connectivity index (χ3v) is 4.62. The fourth-order valence-electron chi connectivity index (χ4n) is 1.81. The lowest BCUT2D eigenvalue weighted by Gasteiger charge is -2.08. The molecule has 8 heteroatoms. The minimum Gasteiger partial charge on any atom is -0.496 e. The smallest absolute Gasteiger partial charge is 0.337 e. The summed E-state index contributed by atoms with van der Waals surface area (Å²) in [5, 5.41) is -0.274. The summed E-state index contributed by atoms with van der Waals surface area (Å²) in [6.07, 6.45) is 1.16.